The molecule has 0 radical (unpaired) electrons. The van der Waals surface area contributed by atoms with Gasteiger partial charge in [0.15, 0.2) is 23.0 Å². The third kappa shape index (κ3) is 5.70. The van der Waals surface area contributed by atoms with E-state index in [-0.39, 0.29) is 17.2 Å². The van der Waals surface area contributed by atoms with Crippen LogP contribution in [0.1, 0.15) is 34.1 Å². The zero-order chi connectivity index (χ0) is 17.2. The predicted octanol–water partition coefficient (Wildman–Crippen LogP) is 2.90. The van der Waals surface area contributed by atoms with Crippen LogP contribution in [0.15, 0.2) is 36.4 Å². The first-order valence-corrected chi connectivity index (χ1v) is 6.90. The number of ether oxygens (including phenoxy) is 1. The molecule has 0 fully saturated rings. The van der Waals surface area contributed by atoms with Crippen molar-refractivity contribution in [1.29, 1.82) is 0 Å². The van der Waals surface area contributed by atoms with Crippen LogP contribution in [0, 0.1) is 0 Å². The molecule has 0 heterocycles. The maximum atomic E-state index is 10.4. The van der Waals surface area contributed by atoms with E-state index in [4.69, 9.17) is 14.9 Å². The highest BCUT2D eigenvalue weighted by Crippen LogP contribution is 2.26. The summed E-state index contributed by atoms with van der Waals surface area (Å²) in [6.45, 7) is 2.51. The van der Waals surface area contributed by atoms with E-state index in [1.807, 2.05) is 6.92 Å². The molecule has 0 bridgehead atoms. The molecule has 23 heavy (non-hydrogen) atoms. The SMILES string of the molecule is CCCOc1cc(C=O)ccc1O.O=Cc1ccc(O)c(O)c1. The topological polar surface area (TPSA) is 104 Å². The minimum atomic E-state index is -0.274. The van der Waals surface area contributed by atoms with Crippen LogP contribution >= 0.6 is 0 Å². The lowest BCUT2D eigenvalue weighted by molar-refractivity contribution is 0.111. The normalized spacial score (nSPS) is 9.43. The van der Waals surface area contributed by atoms with Crippen LogP contribution in [0.25, 0.3) is 0 Å². The number of aldehydes is 2. The second kappa shape index (κ2) is 9.09. The van der Waals surface area contributed by atoms with E-state index >= 15 is 0 Å². The molecule has 0 aliphatic rings. The molecule has 0 aromatic heterocycles. The van der Waals surface area contributed by atoms with Gasteiger partial charge in [-0.1, -0.05) is 6.92 Å². The Bertz CT molecular complexity index is 666. The van der Waals surface area contributed by atoms with Crippen molar-refractivity contribution in [3.63, 3.8) is 0 Å². The Balaban J connectivity index is 0.000000238. The number of carbonyl (C=O) groups excluding carboxylic acids is 2. The quantitative estimate of drug-likeness (QED) is 0.578. The molecule has 2 aromatic rings. The van der Waals surface area contributed by atoms with Gasteiger partial charge < -0.3 is 20.1 Å². The molecule has 0 amide bonds. The molecule has 0 saturated carbocycles. The molecular formula is C17H18O6. The minimum Gasteiger partial charge on any atom is -0.504 e. The van der Waals surface area contributed by atoms with Crippen LogP contribution in [-0.4, -0.2) is 34.5 Å². The molecule has 6 heteroatoms. The molecular weight excluding hydrogens is 300 g/mol. The van der Waals surface area contributed by atoms with Gasteiger partial charge in [0.25, 0.3) is 0 Å². The van der Waals surface area contributed by atoms with Crippen LogP contribution in [-0.2, 0) is 0 Å². The number of hydrogen-bond donors (Lipinski definition) is 3. The van der Waals surface area contributed by atoms with Crippen molar-refractivity contribution in [2.75, 3.05) is 6.61 Å². The van der Waals surface area contributed by atoms with Gasteiger partial charge in [-0.2, -0.15) is 0 Å². The van der Waals surface area contributed by atoms with Crippen molar-refractivity contribution in [2.24, 2.45) is 0 Å². The predicted molar refractivity (Wildman–Crippen MR) is 84.4 cm³/mol. The number of rotatable bonds is 5. The van der Waals surface area contributed by atoms with Gasteiger partial charge in [-0.3, -0.25) is 9.59 Å². The number of aromatic hydroxyl groups is 3. The summed E-state index contributed by atoms with van der Waals surface area (Å²) in [5, 5.41) is 26.9. The molecule has 3 N–H and O–H groups in total. The summed E-state index contributed by atoms with van der Waals surface area (Å²) in [5.41, 5.74) is 0.846. The number of benzene rings is 2. The Morgan fingerprint density at radius 2 is 1.43 bits per heavy atom. The van der Waals surface area contributed by atoms with Crippen molar-refractivity contribution in [3.05, 3.63) is 47.5 Å². The average molecular weight is 318 g/mol. The van der Waals surface area contributed by atoms with E-state index in [9.17, 15) is 14.7 Å². The molecule has 0 aliphatic heterocycles. The summed E-state index contributed by atoms with van der Waals surface area (Å²) >= 11 is 0. The highest BCUT2D eigenvalue weighted by molar-refractivity contribution is 5.76. The van der Waals surface area contributed by atoms with Gasteiger partial charge in [0.05, 0.1) is 6.61 Å². The largest absolute Gasteiger partial charge is 0.504 e. The fourth-order valence-electron chi connectivity index (χ4n) is 1.55. The smallest absolute Gasteiger partial charge is 0.161 e. The fourth-order valence-corrected chi connectivity index (χ4v) is 1.55. The van der Waals surface area contributed by atoms with Gasteiger partial charge in [0.2, 0.25) is 0 Å². The van der Waals surface area contributed by atoms with Gasteiger partial charge in [-0.05, 0) is 42.8 Å². The Kier molecular flexibility index (Phi) is 7.13. The Morgan fingerprint density at radius 1 is 0.870 bits per heavy atom. The van der Waals surface area contributed by atoms with E-state index in [1.165, 1.54) is 30.3 Å². The highest BCUT2D eigenvalue weighted by Gasteiger charge is 2.02. The Hall–Kier alpha value is -3.02. The number of carbonyl (C=O) groups is 2. The number of phenolic OH excluding ortho intramolecular Hbond substituents is 3. The maximum absolute atomic E-state index is 10.4. The highest BCUT2D eigenvalue weighted by atomic mass is 16.5. The molecule has 0 unspecified atom stereocenters. The second-order valence-corrected chi connectivity index (χ2v) is 4.56. The Labute approximate surface area is 133 Å². The standard InChI is InChI=1S/C10H12O3.C7H6O3/c1-2-5-13-10-6-8(7-11)3-4-9(10)12;8-4-5-1-2-6(9)7(10)3-5/h3-4,6-7,12H,2,5H2,1H3;1-4,9-10H. The van der Waals surface area contributed by atoms with E-state index in [0.717, 1.165) is 12.7 Å². The van der Waals surface area contributed by atoms with Crippen LogP contribution in [0.3, 0.4) is 0 Å². The zero-order valence-electron chi connectivity index (χ0n) is 12.6. The summed E-state index contributed by atoms with van der Waals surface area (Å²) < 4.78 is 5.22. The molecule has 0 atom stereocenters. The summed E-state index contributed by atoms with van der Waals surface area (Å²) in [6.07, 6.45) is 2.18. The molecule has 0 saturated heterocycles. The fraction of sp³-hybridized carbons (Fsp3) is 0.176. The van der Waals surface area contributed by atoms with Gasteiger partial charge in [0, 0.05) is 11.1 Å². The average Bonchev–Trinajstić information content (AvgIpc) is 2.57. The first-order chi connectivity index (χ1) is 11.0. The van der Waals surface area contributed by atoms with Gasteiger partial charge >= 0.3 is 0 Å². The second-order valence-electron chi connectivity index (χ2n) is 4.56. The van der Waals surface area contributed by atoms with Gasteiger partial charge in [-0.15, -0.1) is 0 Å². The van der Waals surface area contributed by atoms with Crippen LogP contribution in [0.5, 0.6) is 23.0 Å². The zero-order valence-corrected chi connectivity index (χ0v) is 12.6. The van der Waals surface area contributed by atoms with Crippen molar-refractivity contribution in [3.8, 4) is 23.0 Å². The molecule has 0 spiro atoms. The van der Waals surface area contributed by atoms with Crippen LogP contribution < -0.4 is 4.74 Å². The summed E-state index contributed by atoms with van der Waals surface area (Å²) in [4.78, 5) is 20.5. The monoisotopic (exact) mass is 318 g/mol. The lowest BCUT2D eigenvalue weighted by atomic mass is 10.2. The van der Waals surface area contributed by atoms with E-state index in [0.29, 0.717) is 29.8 Å². The van der Waals surface area contributed by atoms with Gasteiger partial charge in [-0.25, -0.2) is 0 Å². The van der Waals surface area contributed by atoms with E-state index in [1.54, 1.807) is 6.07 Å². The first kappa shape index (κ1) is 18.0. The number of phenols is 3. The van der Waals surface area contributed by atoms with E-state index < -0.39 is 0 Å². The molecule has 0 aliphatic carbocycles. The van der Waals surface area contributed by atoms with E-state index in [2.05, 4.69) is 0 Å². The number of hydrogen-bond acceptors (Lipinski definition) is 6. The molecule has 122 valence electrons. The van der Waals surface area contributed by atoms with Crippen molar-refractivity contribution < 1.29 is 29.6 Å². The maximum Gasteiger partial charge on any atom is 0.161 e. The summed E-state index contributed by atoms with van der Waals surface area (Å²) in [5.74, 6) is -0.0549. The summed E-state index contributed by atoms with van der Waals surface area (Å²) in [6, 6.07) is 8.40. The van der Waals surface area contributed by atoms with Crippen LogP contribution in [0.2, 0.25) is 0 Å². The Morgan fingerprint density at radius 3 is 1.96 bits per heavy atom. The molecule has 2 rings (SSSR count). The molecule has 6 nitrogen and oxygen atoms in total. The third-order valence-corrected chi connectivity index (χ3v) is 2.72. The van der Waals surface area contributed by atoms with Crippen molar-refractivity contribution in [1.82, 2.24) is 0 Å². The lowest BCUT2D eigenvalue weighted by Gasteiger charge is -2.06. The first-order valence-electron chi connectivity index (χ1n) is 6.90. The van der Waals surface area contributed by atoms with Crippen LogP contribution in [0.4, 0.5) is 0 Å². The minimum absolute atomic E-state index is 0.0686. The molecule has 2 aromatic carbocycles. The van der Waals surface area contributed by atoms with Crippen molar-refractivity contribution >= 4 is 12.6 Å². The third-order valence-electron chi connectivity index (χ3n) is 2.72. The lowest BCUT2D eigenvalue weighted by Crippen LogP contribution is -1.95. The van der Waals surface area contributed by atoms with Crippen molar-refractivity contribution in [2.45, 2.75) is 13.3 Å². The van der Waals surface area contributed by atoms with Gasteiger partial charge in [0.1, 0.15) is 12.6 Å². The summed E-state index contributed by atoms with van der Waals surface area (Å²) in [7, 11) is 0.